The molecule has 2 fully saturated rings. The quantitative estimate of drug-likeness (QED) is 0.320. The zero-order valence-corrected chi connectivity index (χ0v) is 23.0. The van der Waals surface area contributed by atoms with Gasteiger partial charge < -0.3 is 15.5 Å². The van der Waals surface area contributed by atoms with Gasteiger partial charge in [0, 0.05) is 66.4 Å². The van der Waals surface area contributed by atoms with Crippen molar-refractivity contribution in [2.24, 2.45) is 0 Å². The lowest BCUT2D eigenvalue weighted by molar-refractivity contribution is -0.0494. The van der Waals surface area contributed by atoms with Crippen molar-refractivity contribution >= 4 is 54.9 Å². The average molecular weight is 651 g/mol. The van der Waals surface area contributed by atoms with Crippen molar-refractivity contribution in [1.82, 2.24) is 14.8 Å². The Morgan fingerprint density at radius 1 is 1.08 bits per heavy atom. The summed E-state index contributed by atoms with van der Waals surface area (Å²) >= 11 is 6.58. The average Bonchev–Trinajstić information content (AvgIpc) is 3.11. The van der Waals surface area contributed by atoms with Gasteiger partial charge in [0.15, 0.2) is 5.78 Å². The van der Waals surface area contributed by atoms with Crippen LogP contribution in [0.15, 0.2) is 39.5 Å². The van der Waals surface area contributed by atoms with Gasteiger partial charge in [-0.15, -0.1) is 0 Å². The van der Waals surface area contributed by atoms with Crippen LogP contribution in [-0.2, 0) is 0 Å². The largest absolute Gasteiger partial charge is 0.386 e. The van der Waals surface area contributed by atoms with E-state index in [0.29, 0.717) is 20.2 Å². The van der Waals surface area contributed by atoms with Gasteiger partial charge in [0.25, 0.3) is 17.8 Å². The van der Waals surface area contributed by atoms with E-state index in [-0.39, 0.29) is 43.2 Å². The highest BCUT2D eigenvalue weighted by Crippen LogP contribution is 2.37. The molecule has 2 aliphatic rings. The number of piperidine rings is 1. The first-order valence-corrected chi connectivity index (χ1v) is 13.2. The third-order valence-electron chi connectivity index (χ3n) is 6.48. The second-order valence-electron chi connectivity index (χ2n) is 9.22. The minimum atomic E-state index is -3.21. The molecule has 1 atom stereocenters. The highest BCUT2D eigenvalue weighted by Gasteiger charge is 2.49. The number of hydrogen-bond acceptors (Lipinski definition) is 6. The van der Waals surface area contributed by atoms with Crippen LogP contribution in [0.25, 0.3) is 0 Å². The van der Waals surface area contributed by atoms with E-state index in [9.17, 15) is 18.4 Å². The fourth-order valence-electron chi connectivity index (χ4n) is 4.50. The SMILES string of the molecule is CNc1cc(Br)cc(C(=O)N2CCC(F)(F)CC2)c1N[C@H]1CN(CC(=O)c2cncc(Br)c2)CC1(F)F. The molecule has 1 amide bonds. The van der Waals surface area contributed by atoms with E-state index < -0.39 is 43.2 Å². The summed E-state index contributed by atoms with van der Waals surface area (Å²) in [6.07, 6.45) is 2.00. The fraction of sp³-hybridized carbons (Fsp3) is 0.458. The Balaban J connectivity index is 1.55. The molecule has 13 heteroatoms. The van der Waals surface area contributed by atoms with Gasteiger partial charge in [-0.25, -0.2) is 17.6 Å². The molecule has 1 aromatic carbocycles. The zero-order valence-electron chi connectivity index (χ0n) is 19.8. The lowest BCUT2D eigenvalue weighted by Gasteiger charge is -2.33. The number of ketones is 1. The zero-order chi connectivity index (χ0) is 27.0. The van der Waals surface area contributed by atoms with Gasteiger partial charge in [0.2, 0.25) is 0 Å². The second kappa shape index (κ2) is 10.9. The number of pyridine rings is 1. The summed E-state index contributed by atoms with van der Waals surface area (Å²) in [5.74, 6) is -6.90. The summed E-state index contributed by atoms with van der Waals surface area (Å²) in [7, 11) is 1.59. The molecule has 2 aromatic rings. The number of likely N-dealkylation sites (tertiary alicyclic amines) is 2. The maximum atomic E-state index is 15.1. The Labute approximate surface area is 228 Å². The minimum absolute atomic E-state index is 0.0921. The molecule has 4 rings (SSSR count). The molecule has 7 nitrogen and oxygen atoms in total. The van der Waals surface area contributed by atoms with Crippen molar-refractivity contribution in [2.45, 2.75) is 30.7 Å². The molecule has 2 aliphatic heterocycles. The molecule has 1 aromatic heterocycles. The van der Waals surface area contributed by atoms with Gasteiger partial charge >= 0.3 is 0 Å². The van der Waals surface area contributed by atoms with E-state index in [1.54, 1.807) is 19.2 Å². The molecule has 2 saturated heterocycles. The Morgan fingerprint density at radius 3 is 2.43 bits per heavy atom. The first kappa shape index (κ1) is 27.8. The minimum Gasteiger partial charge on any atom is -0.386 e. The van der Waals surface area contributed by atoms with Crippen LogP contribution in [0.4, 0.5) is 28.9 Å². The van der Waals surface area contributed by atoms with Crippen LogP contribution >= 0.6 is 31.9 Å². The number of carbonyl (C=O) groups excluding carboxylic acids is 2. The number of anilines is 2. The molecule has 0 radical (unpaired) electrons. The first-order valence-electron chi connectivity index (χ1n) is 11.6. The summed E-state index contributed by atoms with van der Waals surface area (Å²) in [4.78, 5) is 32.6. The maximum Gasteiger partial charge on any atom is 0.281 e. The molecule has 2 N–H and O–H groups in total. The van der Waals surface area contributed by atoms with E-state index in [0.717, 1.165) is 0 Å². The molecule has 0 saturated carbocycles. The van der Waals surface area contributed by atoms with E-state index >= 15 is 8.78 Å². The van der Waals surface area contributed by atoms with Gasteiger partial charge in [0.1, 0.15) is 6.04 Å². The molecule has 0 bridgehead atoms. The summed E-state index contributed by atoms with van der Waals surface area (Å²) < 4.78 is 58.6. The second-order valence-corrected chi connectivity index (χ2v) is 11.0. The normalized spacial score (nSPS) is 21.1. The molecule has 200 valence electrons. The van der Waals surface area contributed by atoms with Crippen molar-refractivity contribution in [2.75, 3.05) is 50.4 Å². The third-order valence-corrected chi connectivity index (χ3v) is 7.37. The maximum absolute atomic E-state index is 15.1. The summed E-state index contributed by atoms with van der Waals surface area (Å²) in [5, 5.41) is 5.75. The molecule has 0 unspecified atom stereocenters. The predicted octanol–water partition coefficient (Wildman–Crippen LogP) is 5.13. The number of aromatic nitrogens is 1. The Bertz CT molecular complexity index is 1190. The summed E-state index contributed by atoms with van der Waals surface area (Å²) in [5.41, 5.74) is 0.946. The van der Waals surface area contributed by atoms with Crippen molar-refractivity contribution in [3.05, 3.63) is 50.7 Å². The highest BCUT2D eigenvalue weighted by atomic mass is 79.9. The number of nitrogens with zero attached hydrogens (tertiary/aromatic N) is 3. The fourth-order valence-corrected chi connectivity index (χ4v) is 5.33. The van der Waals surface area contributed by atoms with E-state index in [4.69, 9.17) is 0 Å². The standard InChI is InChI=1S/C24H25Br2F4N5O2/c1-31-18-8-15(25)7-17(22(37)35-4-2-23(27,28)3-5-35)21(18)33-20-12-34(13-24(20,29)30)11-19(36)14-6-16(26)10-32-9-14/h6-10,20,31,33H,2-5,11-13H2,1H3/t20-/m0/s1. The number of benzene rings is 1. The topological polar surface area (TPSA) is 77.6 Å². The molecule has 3 heterocycles. The van der Waals surface area contributed by atoms with Crippen molar-refractivity contribution in [3.63, 3.8) is 0 Å². The first-order chi connectivity index (χ1) is 17.4. The third kappa shape index (κ3) is 6.43. The number of nitrogens with one attached hydrogen (secondary N) is 2. The number of hydrogen-bond donors (Lipinski definition) is 2. The highest BCUT2D eigenvalue weighted by molar-refractivity contribution is 9.10. The number of alkyl halides is 4. The van der Waals surface area contributed by atoms with Gasteiger partial charge in [-0.2, -0.15) is 0 Å². The van der Waals surface area contributed by atoms with Crippen molar-refractivity contribution in [1.29, 1.82) is 0 Å². The lowest BCUT2D eigenvalue weighted by atomic mass is 10.0. The Hall–Kier alpha value is -2.25. The lowest BCUT2D eigenvalue weighted by Crippen LogP contribution is -2.43. The predicted molar refractivity (Wildman–Crippen MR) is 139 cm³/mol. The van der Waals surface area contributed by atoms with Crippen LogP contribution in [0, 0.1) is 0 Å². The molecule has 0 aliphatic carbocycles. The van der Waals surface area contributed by atoms with E-state index in [1.165, 1.54) is 28.3 Å². The van der Waals surface area contributed by atoms with Crippen LogP contribution < -0.4 is 10.6 Å². The number of carbonyl (C=O) groups is 2. The number of amides is 1. The molecule has 37 heavy (non-hydrogen) atoms. The van der Waals surface area contributed by atoms with Crippen LogP contribution in [0.3, 0.4) is 0 Å². The molecule has 0 spiro atoms. The number of Topliss-reactive ketones (excluding diaryl/α,β-unsaturated/α-hetero) is 1. The summed E-state index contributed by atoms with van der Waals surface area (Å²) in [6, 6.07) is 3.31. The Morgan fingerprint density at radius 2 is 1.78 bits per heavy atom. The van der Waals surface area contributed by atoms with Crippen LogP contribution in [-0.4, -0.2) is 84.1 Å². The van der Waals surface area contributed by atoms with Gasteiger partial charge in [-0.05, 0) is 34.1 Å². The van der Waals surface area contributed by atoms with Crippen molar-refractivity contribution < 1.29 is 27.2 Å². The number of halogens is 6. The summed E-state index contributed by atoms with van der Waals surface area (Å²) in [6.45, 7) is -1.28. The van der Waals surface area contributed by atoms with Crippen molar-refractivity contribution in [3.8, 4) is 0 Å². The van der Waals surface area contributed by atoms with Crippen LogP contribution in [0.5, 0.6) is 0 Å². The monoisotopic (exact) mass is 649 g/mol. The number of rotatable bonds is 7. The van der Waals surface area contributed by atoms with E-state index in [2.05, 4.69) is 47.5 Å². The van der Waals surface area contributed by atoms with Gasteiger partial charge in [0.05, 0.1) is 30.0 Å². The molecular weight excluding hydrogens is 626 g/mol. The van der Waals surface area contributed by atoms with Crippen LogP contribution in [0.2, 0.25) is 0 Å². The Kier molecular flexibility index (Phi) is 8.15. The van der Waals surface area contributed by atoms with Crippen LogP contribution in [0.1, 0.15) is 33.6 Å². The molecular formula is C24H25Br2F4N5O2. The smallest absolute Gasteiger partial charge is 0.281 e. The van der Waals surface area contributed by atoms with Gasteiger partial charge in [-0.3, -0.25) is 19.5 Å². The van der Waals surface area contributed by atoms with Gasteiger partial charge in [-0.1, -0.05) is 15.9 Å². The van der Waals surface area contributed by atoms with E-state index in [1.807, 2.05) is 0 Å².